The standard InChI is InChI=1S/C20H21N5O3/c1-13-6-8-14(9-7-13)19-25-24-18(28-19)11-10-17(26)22-15-4-3-5-16(12-15)23-20(27)21-2/h3-9,12H,10-11H2,1-2H3,(H,22,26)(H2,21,23,27). The fourth-order valence-electron chi connectivity index (χ4n) is 2.48. The smallest absolute Gasteiger partial charge is 0.318 e. The summed E-state index contributed by atoms with van der Waals surface area (Å²) in [5, 5.41) is 15.9. The first-order valence-electron chi connectivity index (χ1n) is 8.81. The first kappa shape index (κ1) is 19.1. The van der Waals surface area contributed by atoms with Gasteiger partial charge in [-0.15, -0.1) is 10.2 Å². The number of urea groups is 1. The topological polar surface area (TPSA) is 109 Å². The fraction of sp³-hybridized carbons (Fsp3) is 0.200. The molecule has 1 heterocycles. The monoisotopic (exact) mass is 379 g/mol. The Morgan fingerprint density at radius 3 is 2.43 bits per heavy atom. The maximum Gasteiger partial charge on any atom is 0.318 e. The molecule has 3 N–H and O–H groups in total. The van der Waals surface area contributed by atoms with Gasteiger partial charge in [0.05, 0.1) is 0 Å². The number of aromatic nitrogens is 2. The molecular weight excluding hydrogens is 358 g/mol. The van der Waals surface area contributed by atoms with Gasteiger partial charge in [0.25, 0.3) is 0 Å². The highest BCUT2D eigenvalue weighted by atomic mass is 16.4. The first-order valence-corrected chi connectivity index (χ1v) is 8.81. The molecule has 0 fully saturated rings. The normalized spacial score (nSPS) is 10.4. The van der Waals surface area contributed by atoms with Crippen LogP contribution in [0.4, 0.5) is 16.2 Å². The van der Waals surface area contributed by atoms with Crippen LogP contribution in [0.3, 0.4) is 0 Å². The lowest BCUT2D eigenvalue weighted by atomic mass is 10.1. The van der Waals surface area contributed by atoms with Crippen molar-refractivity contribution in [2.45, 2.75) is 19.8 Å². The highest BCUT2D eigenvalue weighted by Crippen LogP contribution is 2.19. The number of carbonyl (C=O) groups excluding carboxylic acids is 2. The summed E-state index contributed by atoms with van der Waals surface area (Å²) in [6.45, 7) is 2.01. The molecule has 144 valence electrons. The van der Waals surface area contributed by atoms with Crippen molar-refractivity contribution in [1.29, 1.82) is 0 Å². The van der Waals surface area contributed by atoms with Gasteiger partial charge in [0, 0.05) is 36.8 Å². The number of anilines is 2. The fourth-order valence-corrected chi connectivity index (χ4v) is 2.48. The zero-order valence-corrected chi connectivity index (χ0v) is 15.7. The molecule has 2 aromatic carbocycles. The van der Waals surface area contributed by atoms with Crippen molar-refractivity contribution >= 4 is 23.3 Å². The quantitative estimate of drug-likeness (QED) is 0.608. The summed E-state index contributed by atoms with van der Waals surface area (Å²) >= 11 is 0. The van der Waals surface area contributed by atoms with Crippen LogP contribution in [0.15, 0.2) is 52.9 Å². The number of amides is 3. The van der Waals surface area contributed by atoms with E-state index in [0.717, 1.165) is 11.1 Å². The summed E-state index contributed by atoms with van der Waals surface area (Å²) in [6, 6.07) is 14.3. The minimum atomic E-state index is -0.329. The molecular formula is C20H21N5O3. The number of nitrogens with zero attached hydrogens (tertiary/aromatic N) is 2. The van der Waals surface area contributed by atoms with Crippen LogP contribution in [0.25, 0.3) is 11.5 Å². The van der Waals surface area contributed by atoms with Crippen molar-refractivity contribution in [1.82, 2.24) is 15.5 Å². The molecule has 1 aromatic heterocycles. The second kappa shape index (κ2) is 8.81. The average Bonchev–Trinajstić information content (AvgIpc) is 3.16. The molecule has 28 heavy (non-hydrogen) atoms. The van der Waals surface area contributed by atoms with E-state index in [1.807, 2.05) is 31.2 Å². The number of nitrogens with one attached hydrogen (secondary N) is 3. The largest absolute Gasteiger partial charge is 0.421 e. The molecule has 0 atom stereocenters. The molecule has 0 spiro atoms. The number of benzene rings is 2. The first-order chi connectivity index (χ1) is 13.5. The Morgan fingerprint density at radius 2 is 1.71 bits per heavy atom. The number of aryl methyl sites for hydroxylation is 2. The van der Waals surface area contributed by atoms with E-state index in [2.05, 4.69) is 26.1 Å². The number of carbonyl (C=O) groups is 2. The van der Waals surface area contributed by atoms with E-state index in [1.54, 1.807) is 24.3 Å². The molecule has 0 bridgehead atoms. The van der Waals surface area contributed by atoms with Gasteiger partial charge in [0.15, 0.2) is 0 Å². The van der Waals surface area contributed by atoms with Gasteiger partial charge in [-0.2, -0.15) is 0 Å². The molecule has 3 aromatic rings. The van der Waals surface area contributed by atoms with Crippen molar-refractivity contribution in [3.05, 3.63) is 60.0 Å². The Labute approximate surface area is 162 Å². The predicted molar refractivity (Wildman–Crippen MR) is 106 cm³/mol. The Hall–Kier alpha value is -3.68. The third kappa shape index (κ3) is 5.16. The minimum Gasteiger partial charge on any atom is -0.421 e. The lowest BCUT2D eigenvalue weighted by molar-refractivity contribution is -0.116. The van der Waals surface area contributed by atoms with E-state index >= 15 is 0 Å². The molecule has 0 radical (unpaired) electrons. The second-order valence-corrected chi connectivity index (χ2v) is 6.20. The Kier molecular flexibility index (Phi) is 6.01. The molecule has 8 nitrogen and oxygen atoms in total. The van der Waals surface area contributed by atoms with Crippen LogP contribution in [0.2, 0.25) is 0 Å². The summed E-state index contributed by atoms with van der Waals surface area (Å²) in [4.78, 5) is 23.6. The lowest BCUT2D eigenvalue weighted by Gasteiger charge is -2.08. The SMILES string of the molecule is CNC(=O)Nc1cccc(NC(=O)CCc2nnc(-c3ccc(C)cc3)o2)c1. The van der Waals surface area contributed by atoms with Crippen LogP contribution in [-0.2, 0) is 11.2 Å². The van der Waals surface area contributed by atoms with Crippen molar-refractivity contribution in [2.24, 2.45) is 0 Å². The number of hydrogen-bond acceptors (Lipinski definition) is 5. The number of rotatable bonds is 6. The van der Waals surface area contributed by atoms with Gasteiger partial charge in [-0.05, 0) is 37.3 Å². The van der Waals surface area contributed by atoms with Gasteiger partial charge in [-0.25, -0.2) is 4.79 Å². The maximum atomic E-state index is 12.2. The highest BCUT2D eigenvalue weighted by Gasteiger charge is 2.11. The van der Waals surface area contributed by atoms with Crippen molar-refractivity contribution in [3.8, 4) is 11.5 Å². The summed E-state index contributed by atoms with van der Waals surface area (Å²) in [5.74, 6) is 0.649. The third-order valence-electron chi connectivity index (χ3n) is 3.96. The van der Waals surface area contributed by atoms with Crippen LogP contribution >= 0.6 is 0 Å². The van der Waals surface area contributed by atoms with E-state index in [9.17, 15) is 9.59 Å². The predicted octanol–water partition coefficient (Wildman–Crippen LogP) is 3.37. The lowest BCUT2D eigenvalue weighted by Crippen LogP contribution is -2.24. The third-order valence-corrected chi connectivity index (χ3v) is 3.96. The van der Waals surface area contributed by atoms with Crippen LogP contribution in [0, 0.1) is 6.92 Å². The second-order valence-electron chi connectivity index (χ2n) is 6.20. The zero-order valence-electron chi connectivity index (χ0n) is 15.7. The Morgan fingerprint density at radius 1 is 1.00 bits per heavy atom. The van der Waals surface area contributed by atoms with Gasteiger partial charge in [0.1, 0.15) is 0 Å². The van der Waals surface area contributed by atoms with Crippen molar-refractivity contribution in [2.75, 3.05) is 17.7 Å². The van der Waals surface area contributed by atoms with E-state index in [4.69, 9.17) is 4.42 Å². The van der Waals surface area contributed by atoms with Crippen LogP contribution < -0.4 is 16.0 Å². The molecule has 0 saturated carbocycles. The molecule has 0 saturated heterocycles. The molecule has 0 aliphatic rings. The van der Waals surface area contributed by atoms with E-state index in [-0.39, 0.29) is 18.4 Å². The molecule has 8 heteroatoms. The molecule has 0 unspecified atom stereocenters. The Balaban J connectivity index is 1.54. The van der Waals surface area contributed by atoms with Gasteiger partial charge < -0.3 is 20.4 Å². The van der Waals surface area contributed by atoms with Crippen LogP contribution in [-0.4, -0.2) is 29.2 Å². The van der Waals surface area contributed by atoms with Crippen LogP contribution in [0.5, 0.6) is 0 Å². The minimum absolute atomic E-state index is 0.188. The summed E-state index contributed by atoms with van der Waals surface area (Å²) in [7, 11) is 1.53. The molecule has 3 rings (SSSR count). The number of hydrogen-bond donors (Lipinski definition) is 3. The van der Waals surface area contributed by atoms with Crippen LogP contribution in [0.1, 0.15) is 17.9 Å². The molecule has 3 amide bonds. The average molecular weight is 379 g/mol. The van der Waals surface area contributed by atoms with E-state index < -0.39 is 0 Å². The van der Waals surface area contributed by atoms with Crippen molar-refractivity contribution < 1.29 is 14.0 Å². The van der Waals surface area contributed by atoms with E-state index in [0.29, 0.717) is 29.6 Å². The summed E-state index contributed by atoms with van der Waals surface area (Å²) in [5.41, 5.74) is 3.16. The van der Waals surface area contributed by atoms with Gasteiger partial charge in [-0.1, -0.05) is 23.8 Å². The maximum absolute atomic E-state index is 12.2. The molecule has 0 aliphatic carbocycles. The molecule has 0 aliphatic heterocycles. The zero-order chi connectivity index (χ0) is 19.9. The van der Waals surface area contributed by atoms with Gasteiger partial charge >= 0.3 is 6.03 Å². The highest BCUT2D eigenvalue weighted by molar-refractivity contribution is 5.93. The summed E-state index contributed by atoms with van der Waals surface area (Å²) in [6.07, 6.45) is 0.531. The Bertz CT molecular complexity index is 966. The van der Waals surface area contributed by atoms with Crippen molar-refractivity contribution in [3.63, 3.8) is 0 Å². The van der Waals surface area contributed by atoms with Gasteiger partial charge in [0.2, 0.25) is 17.7 Å². The van der Waals surface area contributed by atoms with E-state index in [1.165, 1.54) is 7.05 Å². The summed E-state index contributed by atoms with van der Waals surface area (Å²) < 4.78 is 5.63. The van der Waals surface area contributed by atoms with Gasteiger partial charge in [-0.3, -0.25) is 4.79 Å².